The lowest BCUT2D eigenvalue weighted by Gasteiger charge is -2.26. The first-order valence-electron chi connectivity index (χ1n) is 6.17. The molecule has 3 rings (SSSR count). The van der Waals surface area contributed by atoms with Crippen molar-refractivity contribution in [1.29, 1.82) is 0 Å². The lowest BCUT2D eigenvalue weighted by Crippen LogP contribution is -2.33. The minimum Gasteiger partial charge on any atom is -0.321 e. The predicted molar refractivity (Wildman–Crippen MR) is 73.3 cm³/mol. The number of rotatable bonds is 1. The zero-order valence-corrected chi connectivity index (χ0v) is 10.5. The van der Waals surface area contributed by atoms with Crippen LogP contribution in [0.25, 0.3) is 10.8 Å². The molecule has 17 heavy (non-hydrogen) atoms. The van der Waals surface area contributed by atoms with Crippen LogP contribution in [0.5, 0.6) is 0 Å². The van der Waals surface area contributed by atoms with Crippen molar-refractivity contribution in [2.24, 2.45) is 5.73 Å². The van der Waals surface area contributed by atoms with Crippen LogP contribution in [0.1, 0.15) is 31.2 Å². The zero-order chi connectivity index (χ0) is 11.9. The van der Waals surface area contributed by atoms with E-state index in [-0.39, 0.29) is 5.54 Å². The second-order valence-electron chi connectivity index (χ2n) is 5.01. The highest BCUT2D eigenvalue weighted by Gasteiger charge is 2.32. The third kappa shape index (κ3) is 1.74. The van der Waals surface area contributed by atoms with Gasteiger partial charge in [-0.2, -0.15) is 0 Å². The van der Waals surface area contributed by atoms with Crippen LogP contribution in [0, 0.1) is 0 Å². The topological polar surface area (TPSA) is 26.0 Å². The molecule has 0 spiro atoms. The molecule has 0 saturated heterocycles. The van der Waals surface area contributed by atoms with Crippen LogP contribution >= 0.6 is 11.6 Å². The van der Waals surface area contributed by atoms with Crippen LogP contribution in [0.3, 0.4) is 0 Å². The van der Waals surface area contributed by atoms with Gasteiger partial charge in [-0.3, -0.25) is 0 Å². The van der Waals surface area contributed by atoms with Crippen molar-refractivity contribution < 1.29 is 0 Å². The summed E-state index contributed by atoms with van der Waals surface area (Å²) in [5.41, 5.74) is 7.60. The molecule has 0 radical (unpaired) electrons. The van der Waals surface area contributed by atoms with Gasteiger partial charge in [-0.1, -0.05) is 54.8 Å². The molecule has 0 aliphatic heterocycles. The fourth-order valence-corrected chi connectivity index (χ4v) is 3.27. The molecule has 0 unspecified atom stereocenters. The third-order valence-electron chi connectivity index (χ3n) is 3.89. The van der Waals surface area contributed by atoms with Gasteiger partial charge < -0.3 is 5.73 Å². The molecular weight excluding hydrogens is 230 g/mol. The Hall–Kier alpha value is -1.05. The van der Waals surface area contributed by atoms with Crippen LogP contribution in [-0.2, 0) is 5.54 Å². The molecule has 1 saturated carbocycles. The molecule has 1 aliphatic carbocycles. The maximum Gasteiger partial charge on any atom is 0.0487 e. The first-order chi connectivity index (χ1) is 8.21. The van der Waals surface area contributed by atoms with Gasteiger partial charge >= 0.3 is 0 Å². The summed E-state index contributed by atoms with van der Waals surface area (Å²) in [6.07, 6.45) is 4.57. The molecule has 1 aliphatic rings. The van der Waals surface area contributed by atoms with Crippen LogP contribution in [-0.4, -0.2) is 0 Å². The number of hydrogen-bond acceptors (Lipinski definition) is 1. The van der Waals surface area contributed by atoms with Gasteiger partial charge in [0.1, 0.15) is 0 Å². The van der Waals surface area contributed by atoms with E-state index in [1.54, 1.807) is 0 Å². The average molecular weight is 246 g/mol. The largest absolute Gasteiger partial charge is 0.321 e. The van der Waals surface area contributed by atoms with Crippen LogP contribution in [0.2, 0.25) is 5.02 Å². The maximum absolute atomic E-state index is 6.56. The number of hydrogen-bond donors (Lipinski definition) is 1. The Labute approximate surface area is 107 Å². The minimum atomic E-state index is -0.176. The Balaban J connectivity index is 2.29. The Bertz CT molecular complexity index is 551. The first kappa shape index (κ1) is 11.1. The standard InChI is InChI=1S/C15H16ClN/c16-13-8-4-6-11-5-3-7-12(14(11)13)15(17)9-1-2-10-15/h3-8H,1-2,9-10,17H2. The normalized spacial score (nSPS) is 18.7. The lowest BCUT2D eigenvalue weighted by atomic mass is 9.86. The SMILES string of the molecule is NC1(c2cccc3cccc(Cl)c23)CCCC1. The van der Waals surface area contributed by atoms with Gasteiger partial charge in [0.15, 0.2) is 0 Å². The van der Waals surface area contributed by atoms with E-state index in [1.165, 1.54) is 23.8 Å². The van der Waals surface area contributed by atoms with Crippen molar-refractivity contribution in [3.8, 4) is 0 Å². The van der Waals surface area contributed by atoms with Crippen molar-refractivity contribution >= 4 is 22.4 Å². The Morgan fingerprint density at radius 3 is 2.35 bits per heavy atom. The van der Waals surface area contributed by atoms with Crippen LogP contribution in [0.4, 0.5) is 0 Å². The zero-order valence-electron chi connectivity index (χ0n) is 9.75. The van der Waals surface area contributed by atoms with E-state index in [0.29, 0.717) is 0 Å². The lowest BCUT2D eigenvalue weighted by molar-refractivity contribution is 0.466. The quantitative estimate of drug-likeness (QED) is 0.800. The summed E-state index contributed by atoms with van der Waals surface area (Å²) in [6.45, 7) is 0. The van der Waals surface area contributed by atoms with Gasteiger partial charge in [0, 0.05) is 15.9 Å². The Kier molecular flexibility index (Phi) is 2.61. The van der Waals surface area contributed by atoms with E-state index in [2.05, 4.69) is 24.3 Å². The Morgan fingerprint density at radius 1 is 1.00 bits per heavy atom. The van der Waals surface area contributed by atoms with Crippen LogP contribution < -0.4 is 5.73 Å². The molecule has 0 aromatic heterocycles. The van der Waals surface area contributed by atoms with E-state index in [0.717, 1.165) is 23.3 Å². The summed E-state index contributed by atoms with van der Waals surface area (Å²) >= 11 is 6.35. The van der Waals surface area contributed by atoms with Crippen molar-refractivity contribution in [3.63, 3.8) is 0 Å². The molecule has 0 atom stereocenters. The highest BCUT2D eigenvalue weighted by atomic mass is 35.5. The predicted octanol–water partition coefficient (Wildman–Crippen LogP) is 4.22. The molecule has 0 amide bonds. The van der Waals surface area contributed by atoms with Crippen LogP contribution in [0.15, 0.2) is 36.4 Å². The molecule has 0 bridgehead atoms. The van der Waals surface area contributed by atoms with Gasteiger partial charge in [-0.25, -0.2) is 0 Å². The first-order valence-corrected chi connectivity index (χ1v) is 6.55. The van der Waals surface area contributed by atoms with Crippen molar-refractivity contribution in [2.75, 3.05) is 0 Å². The van der Waals surface area contributed by atoms with E-state index in [4.69, 9.17) is 17.3 Å². The number of benzene rings is 2. The van der Waals surface area contributed by atoms with E-state index in [1.807, 2.05) is 12.1 Å². The van der Waals surface area contributed by atoms with Gasteiger partial charge in [0.25, 0.3) is 0 Å². The fourth-order valence-electron chi connectivity index (χ4n) is 2.99. The van der Waals surface area contributed by atoms with Gasteiger partial charge in [-0.05, 0) is 29.9 Å². The fraction of sp³-hybridized carbons (Fsp3) is 0.333. The highest BCUT2D eigenvalue weighted by Crippen LogP contribution is 2.41. The molecule has 88 valence electrons. The summed E-state index contributed by atoms with van der Waals surface area (Å²) in [4.78, 5) is 0. The second-order valence-corrected chi connectivity index (χ2v) is 5.41. The minimum absolute atomic E-state index is 0.176. The summed E-state index contributed by atoms with van der Waals surface area (Å²) < 4.78 is 0. The molecule has 1 nitrogen and oxygen atoms in total. The molecule has 1 fully saturated rings. The van der Waals surface area contributed by atoms with Crippen molar-refractivity contribution in [3.05, 3.63) is 47.0 Å². The van der Waals surface area contributed by atoms with Gasteiger partial charge in [-0.15, -0.1) is 0 Å². The average Bonchev–Trinajstić information content (AvgIpc) is 2.77. The second kappa shape index (κ2) is 4.01. The van der Waals surface area contributed by atoms with Crippen molar-refractivity contribution in [1.82, 2.24) is 0 Å². The van der Waals surface area contributed by atoms with E-state index < -0.39 is 0 Å². The van der Waals surface area contributed by atoms with E-state index >= 15 is 0 Å². The van der Waals surface area contributed by atoms with Crippen molar-refractivity contribution in [2.45, 2.75) is 31.2 Å². The monoisotopic (exact) mass is 245 g/mol. The summed E-state index contributed by atoms with van der Waals surface area (Å²) in [7, 11) is 0. The molecule has 2 N–H and O–H groups in total. The molecule has 0 heterocycles. The van der Waals surface area contributed by atoms with Gasteiger partial charge in [0.2, 0.25) is 0 Å². The van der Waals surface area contributed by atoms with E-state index in [9.17, 15) is 0 Å². The molecule has 2 aromatic carbocycles. The Morgan fingerprint density at radius 2 is 1.65 bits per heavy atom. The third-order valence-corrected chi connectivity index (χ3v) is 4.20. The highest BCUT2D eigenvalue weighted by molar-refractivity contribution is 6.35. The molecule has 2 aromatic rings. The summed E-state index contributed by atoms with van der Waals surface area (Å²) in [5.74, 6) is 0. The maximum atomic E-state index is 6.56. The number of halogens is 1. The number of fused-ring (bicyclic) bond motifs is 1. The molecule has 2 heteroatoms. The number of nitrogens with two attached hydrogens (primary N) is 1. The smallest absolute Gasteiger partial charge is 0.0487 e. The summed E-state index contributed by atoms with van der Waals surface area (Å²) in [6, 6.07) is 12.4. The molecular formula is C15H16ClN. The van der Waals surface area contributed by atoms with Gasteiger partial charge in [0.05, 0.1) is 0 Å². The summed E-state index contributed by atoms with van der Waals surface area (Å²) in [5, 5.41) is 3.14.